The quantitative estimate of drug-likeness (QED) is 0.528. The molecule has 2 rings (SSSR count). The number of carbonyl (C=O) groups excluding carboxylic acids is 1. The summed E-state index contributed by atoms with van der Waals surface area (Å²) in [7, 11) is 4.61. The summed E-state index contributed by atoms with van der Waals surface area (Å²) in [4.78, 5) is 23.8. The number of rotatable bonds is 8. The minimum atomic E-state index is -0.547. The van der Waals surface area contributed by atoms with E-state index in [2.05, 4.69) is 5.32 Å². The number of methoxy groups -OCH3 is 2. The van der Waals surface area contributed by atoms with Crippen molar-refractivity contribution in [1.29, 1.82) is 0 Å². The smallest absolute Gasteiger partial charge is 0.282 e. The normalized spacial score (nSPS) is 12.8. The minimum absolute atomic E-state index is 0.154. The summed E-state index contributed by atoms with van der Waals surface area (Å²) in [6.45, 7) is 2.12. The van der Waals surface area contributed by atoms with Gasteiger partial charge in [0.1, 0.15) is 12.3 Å². The molecule has 1 unspecified atom stereocenters. The molecule has 0 aliphatic heterocycles. The number of carbonyl (C=O) groups is 1. The maximum atomic E-state index is 13.9. The number of benzene rings is 2. The van der Waals surface area contributed by atoms with Crippen molar-refractivity contribution >= 4 is 17.3 Å². The van der Waals surface area contributed by atoms with Crippen molar-refractivity contribution < 1.29 is 28.5 Å². The summed E-state index contributed by atoms with van der Waals surface area (Å²) in [6.07, 6.45) is 0. The van der Waals surface area contributed by atoms with Crippen LogP contribution in [-0.2, 0) is 11.3 Å². The van der Waals surface area contributed by atoms with Crippen LogP contribution in [0.1, 0.15) is 12.5 Å². The summed E-state index contributed by atoms with van der Waals surface area (Å²) >= 11 is 0. The number of nitro benzene ring substituents is 1. The summed E-state index contributed by atoms with van der Waals surface area (Å²) in [5.41, 5.74) is 0.776. The Kier molecular flexibility index (Phi) is 6.89. The number of quaternary nitrogens is 1. The van der Waals surface area contributed by atoms with Crippen molar-refractivity contribution in [3.8, 4) is 11.5 Å². The molecule has 1 amide bonds. The van der Waals surface area contributed by atoms with E-state index in [4.69, 9.17) is 9.47 Å². The van der Waals surface area contributed by atoms with E-state index in [9.17, 15) is 19.3 Å². The van der Waals surface area contributed by atoms with E-state index in [1.165, 1.54) is 44.6 Å². The molecular weight excluding hydrogens is 369 g/mol. The van der Waals surface area contributed by atoms with Gasteiger partial charge in [-0.15, -0.1) is 0 Å². The van der Waals surface area contributed by atoms with Gasteiger partial charge in [0.05, 0.1) is 31.9 Å². The number of anilines is 1. The van der Waals surface area contributed by atoms with E-state index in [0.717, 1.165) is 4.90 Å². The number of hydrogen-bond donors (Lipinski definition) is 2. The van der Waals surface area contributed by atoms with Crippen LogP contribution in [0.15, 0.2) is 36.4 Å². The Labute approximate surface area is 162 Å². The molecule has 0 fully saturated rings. The first-order valence-electron chi connectivity index (χ1n) is 8.54. The van der Waals surface area contributed by atoms with Crippen LogP contribution in [0.4, 0.5) is 15.8 Å². The summed E-state index contributed by atoms with van der Waals surface area (Å²) in [5, 5.41) is 13.6. The van der Waals surface area contributed by atoms with Crippen LogP contribution in [0.2, 0.25) is 0 Å². The Hall–Kier alpha value is -3.20. The van der Waals surface area contributed by atoms with Gasteiger partial charge in [0.15, 0.2) is 17.6 Å². The highest BCUT2D eigenvalue weighted by atomic mass is 19.1. The van der Waals surface area contributed by atoms with Crippen molar-refractivity contribution in [3.05, 3.63) is 57.9 Å². The standard InChI is InChI=1S/C19H22FN3O5/c1-12(22(2)11-13-5-7-17(27-3)15(20)9-13)19(24)21-16-10-14(23(25)26)6-8-18(16)28-4/h5-10,12H,11H2,1-4H3,(H,21,24)/p+1/t12-/m1/s1. The fourth-order valence-corrected chi connectivity index (χ4v) is 2.67. The Morgan fingerprint density at radius 2 is 1.86 bits per heavy atom. The fourth-order valence-electron chi connectivity index (χ4n) is 2.67. The minimum Gasteiger partial charge on any atom is -0.495 e. The number of nitro groups is 1. The highest BCUT2D eigenvalue weighted by molar-refractivity contribution is 5.95. The van der Waals surface area contributed by atoms with E-state index in [0.29, 0.717) is 17.9 Å². The molecule has 0 aliphatic carbocycles. The first kappa shape index (κ1) is 21.1. The van der Waals surface area contributed by atoms with Crippen LogP contribution in [0.3, 0.4) is 0 Å². The third-order valence-electron chi connectivity index (χ3n) is 4.48. The summed E-state index contributed by atoms with van der Waals surface area (Å²) < 4.78 is 23.9. The van der Waals surface area contributed by atoms with Gasteiger partial charge < -0.3 is 19.7 Å². The molecule has 2 aromatic rings. The molecular formula is C19H23FN3O5+. The molecule has 0 heterocycles. The van der Waals surface area contributed by atoms with Crippen molar-refractivity contribution in [2.24, 2.45) is 0 Å². The lowest BCUT2D eigenvalue weighted by atomic mass is 10.1. The van der Waals surface area contributed by atoms with Crippen molar-refractivity contribution in [1.82, 2.24) is 0 Å². The van der Waals surface area contributed by atoms with Crippen LogP contribution < -0.4 is 19.7 Å². The molecule has 0 saturated carbocycles. The molecule has 0 saturated heterocycles. The predicted octanol–water partition coefficient (Wildman–Crippen LogP) is 1.79. The number of halogens is 1. The summed E-state index contributed by atoms with van der Waals surface area (Å²) in [6, 6.07) is 8.11. The fraction of sp³-hybridized carbons (Fsp3) is 0.316. The van der Waals surface area contributed by atoms with E-state index in [-0.39, 0.29) is 23.0 Å². The third kappa shape index (κ3) is 4.95. The molecule has 8 nitrogen and oxygen atoms in total. The number of non-ortho nitro benzene ring substituents is 1. The van der Waals surface area contributed by atoms with Gasteiger partial charge in [-0.05, 0) is 31.2 Å². The molecule has 9 heteroatoms. The van der Waals surface area contributed by atoms with Gasteiger partial charge in [0.25, 0.3) is 11.6 Å². The van der Waals surface area contributed by atoms with Gasteiger partial charge in [-0.2, -0.15) is 0 Å². The van der Waals surface area contributed by atoms with Gasteiger partial charge in [0, 0.05) is 17.7 Å². The summed E-state index contributed by atoms with van der Waals surface area (Å²) in [5.74, 6) is -0.331. The van der Waals surface area contributed by atoms with Gasteiger partial charge in [-0.25, -0.2) is 4.39 Å². The van der Waals surface area contributed by atoms with Gasteiger partial charge in [-0.3, -0.25) is 14.9 Å². The third-order valence-corrected chi connectivity index (χ3v) is 4.48. The van der Waals surface area contributed by atoms with Crippen molar-refractivity contribution in [2.45, 2.75) is 19.5 Å². The molecule has 2 atom stereocenters. The highest BCUT2D eigenvalue weighted by Gasteiger charge is 2.24. The number of ether oxygens (including phenoxy) is 2. The highest BCUT2D eigenvalue weighted by Crippen LogP contribution is 2.28. The second kappa shape index (κ2) is 9.14. The Balaban J connectivity index is 2.10. The molecule has 2 aromatic carbocycles. The van der Waals surface area contributed by atoms with Crippen molar-refractivity contribution in [2.75, 3.05) is 26.6 Å². The Bertz CT molecular complexity index is 875. The average Bonchev–Trinajstić information content (AvgIpc) is 2.67. The second-order valence-corrected chi connectivity index (χ2v) is 6.34. The van der Waals surface area contributed by atoms with Crippen molar-refractivity contribution in [3.63, 3.8) is 0 Å². The van der Waals surface area contributed by atoms with E-state index >= 15 is 0 Å². The number of amides is 1. The zero-order chi connectivity index (χ0) is 20.8. The van der Waals surface area contributed by atoms with Crippen LogP contribution in [-0.4, -0.2) is 38.1 Å². The Morgan fingerprint density at radius 3 is 2.43 bits per heavy atom. The molecule has 2 N–H and O–H groups in total. The van der Waals surface area contributed by atoms with E-state index in [1.807, 2.05) is 0 Å². The molecule has 0 radical (unpaired) electrons. The second-order valence-electron chi connectivity index (χ2n) is 6.34. The SMILES string of the molecule is COc1ccc(C[NH+](C)[C@H](C)C(=O)Nc2cc([N+](=O)[O-])ccc2OC)cc1F. The van der Waals surface area contributed by atoms with Crippen LogP contribution >= 0.6 is 0 Å². The average molecular weight is 392 g/mol. The van der Waals surface area contributed by atoms with Gasteiger partial charge in [-0.1, -0.05) is 0 Å². The van der Waals surface area contributed by atoms with E-state index < -0.39 is 16.8 Å². The Morgan fingerprint density at radius 1 is 1.21 bits per heavy atom. The van der Waals surface area contributed by atoms with Crippen LogP contribution in [0.5, 0.6) is 11.5 Å². The lowest BCUT2D eigenvalue weighted by Gasteiger charge is -2.21. The molecule has 0 spiro atoms. The van der Waals surface area contributed by atoms with E-state index in [1.54, 1.807) is 20.0 Å². The monoisotopic (exact) mass is 392 g/mol. The lowest BCUT2D eigenvalue weighted by Crippen LogP contribution is -3.12. The van der Waals surface area contributed by atoms with Gasteiger partial charge >= 0.3 is 0 Å². The number of hydrogen-bond acceptors (Lipinski definition) is 5. The zero-order valence-electron chi connectivity index (χ0n) is 16.1. The predicted molar refractivity (Wildman–Crippen MR) is 101 cm³/mol. The van der Waals surface area contributed by atoms with Crippen LogP contribution in [0.25, 0.3) is 0 Å². The van der Waals surface area contributed by atoms with Crippen LogP contribution in [0, 0.1) is 15.9 Å². The maximum Gasteiger partial charge on any atom is 0.282 e. The largest absolute Gasteiger partial charge is 0.495 e. The zero-order valence-corrected chi connectivity index (χ0v) is 16.1. The number of nitrogens with zero attached hydrogens (tertiary/aromatic N) is 1. The molecule has 150 valence electrons. The first-order chi connectivity index (χ1) is 13.3. The molecule has 0 aromatic heterocycles. The lowest BCUT2D eigenvalue weighted by molar-refractivity contribution is -0.907. The molecule has 0 aliphatic rings. The molecule has 28 heavy (non-hydrogen) atoms. The first-order valence-corrected chi connectivity index (χ1v) is 8.54. The molecule has 0 bridgehead atoms. The maximum absolute atomic E-state index is 13.9. The van der Waals surface area contributed by atoms with Gasteiger partial charge in [0.2, 0.25) is 0 Å². The number of likely N-dealkylation sites (N-methyl/N-ethyl adjacent to an activating group) is 1. The topological polar surface area (TPSA) is 95.1 Å². The number of nitrogens with one attached hydrogen (secondary N) is 2.